The summed E-state index contributed by atoms with van der Waals surface area (Å²) in [5.74, 6) is 0.534. The van der Waals surface area contributed by atoms with E-state index in [4.69, 9.17) is 12.2 Å². The largest absolute Gasteiger partial charge is 0.325 e. The molecule has 0 aliphatic carbocycles. The summed E-state index contributed by atoms with van der Waals surface area (Å²) >= 11 is 5.35. The maximum Gasteiger partial charge on any atom is 0.244 e. The van der Waals surface area contributed by atoms with Crippen molar-refractivity contribution in [2.45, 2.75) is 32.9 Å². The van der Waals surface area contributed by atoms with Gasteiger partial charge in [0, 0.05) is 17.8 Å². The Bertz CT molecular complexity index is 1060. The maximum absolute atomic E-state index is 12.7. The lowest BCUT2D eigenvalue weighted by Crippen LogP contribution is -2.20. The van der Waals surface area contributed by atoms with Gasteiger partial charge in [-0.1, -0.05) is 35.9 Å². The van der Waals surface area contributed by atoms with E-state index in [2.05, 4.69) is 26.5 Å². The fourth-order valence-electron chi connectivity index (χ4n) is 3.76. The van der Waals surface area contributed by atoms with Gasteiger partial charge < -0.3 is 5.32 Å². The van der Waals surface area contributed by atoms with Gasteiger partial charge in [-0.3, -0.25) is 19.4 Å². The van der Waals surface area contributed by atoms with E-state index >= 15 is 0 Å². The van der Waals surface area contributed by atoms with Gasteiger partial charge in [-0.25, -0.2) is 0 Å². The minimum atomic E-state index is -0.130. The third kappa shape index (κ3) is 4.81. The summed E-state index contributed by atoms with van der Waals surface area (Å²) in [6.45, 7) is 5.36. The lowest BCUT2D eigenvalue weighted by molar-refractivity contribution is -0.116. The van der Waals surface area contributed by atoms with E-state index in [9.17, 15) is 4.79 Å². The highest BCUT2D eigenvalue weighted by atomic mass is 32.1. The van der Waals surface area contributed by atoms with E-state index in [0.29, 0.717) is 10.6 Å². The summed E-state index contributed by atoms with van der Waals surface area (Å²) in [7, 11) is 0. The van der Waals surface area contributed by atoms with Crippen LogP contribution in [0.15, 0.2) is 48.5 Å². The number of aryl methyl sites for hydroxylation is 1. The first kappa shape index (κ1) is 19.5. The lowest BCUT2D eigenvalue weighted by Gasteiger charge is -2.15. The first-order valence-electron chi connectivity index (χ1n) is 9.92. The molecule has 0 saturated carbocycles. The molecule has 1 aliphatic rings. The van der Waals surface area contributed by atoms with Crippen molar-refractivity contribution in [2.75, 3.05) is 18.4 Å². The fourth-order valence-corrected chi connectivity index (χ4v) is 3.96. The molecule has 0 atom stereocenters. The summed E-state index contributed by atoms with van der Waals surface area (Å²) in [6, 6.07) is 16.1. The molecule has 2 N–H and O–H groups in total. The van der Waals surface area contributed by atoms with Crippen molar-refractivity contribution >= 4 is 23.8 Å². The van der Waals surface area contributed by atoms with Crippen LogP contribution < -0.4 is 5.32 Å². The first-order valence-corrected chi connectivity index (χ1v) is 10.3. The molecular weight excluding hydrogens is 382 g/mol. The quantitative estimate of drug-likeness (QED) is 0.603. The van der Waals surface area contributed by atoms with Crippen LogP contribution in [0.25, 0.3) is 11.4 Å². The topological polar surface area (TPSA) is 66.0 Å². The second-order valence-corrected chi connectivity index (χ2v) is 7.93. The molecule has 29 heavy (non-hydrogen) atoms. The molecule has 2 aromatic carbocycles. The van der Waals surface area contributed by atoms with Crippen LogP contribution in [0.1, 0.15) is 24.0 Å². The normalized spacial score (nSPS) is 14.2. The smallest absolute Gasteiger partial charge is 0.244 e. The number of carbonyl (C=O) groups is 1. The van der Waals surface area contributed by atoms with Gasteiger partial charge in [-0.2, -0.15) is 5.10 Å². The van der Waals surface area contributed by atoms with Crippen molar-refractivity contribution in [1.29, 1.82) is 0 Å². The fraction of sp³-hybridized carbons (Fsp3) is 0.318. The van der Waals surface area contributed by atoms with Crippen LogP contribution >= 0.6 is 12.2 Å². The minimum absolute atomic E-state index is 0.106. The SMILES string of the molecule is Cc1cccc(-c2n[nH]c(=S)n2CC(=O)Nc2cccc(CN3CCCC3)c2)c1. The van der Waals surface area contributed by atoms with Gasteiger partial charge in [0.05, 0.1) is 0 Å². The molecule has 1 amide bonds. The number of aromatic nitrogens is 3. The zero-order valence-corrected chi connectivity index (χ0v) is 17.3. The van der Waals surface area contributed by atoms with Gasteiger partial charge in [0.2, 0.25) is 5.91 Å². The summed E-state index contributed by atoms with van der Waals surface area (Å²) in [5, 5.41) is 10.1. The molecule has 1 fully saturated rings. The Hall–Kier alpha value is -2.77. The molecule has 0 radical (unpaired) electrons. The number of nitrogens with zero attached hydrogens (tertiary/aromatic N) is 3. The molecule has 150 valence electrons. The van der Waals surface area contributed by atoms with E-state index in [0.717, 1.165) is 36.4 Å². The van der Waals surface area contributed by atoms with E-state index in [1.807, 2.05) is 49.4 Å². The van der Waals surface area contributed by atoms with Crippen molar-refractivity contribution in [3.63, 3.8) is 0 Å². The molecule has 4 rings (SSSR count). The molecule has 0 unspecified atom stereocenters. The number of rotatable bonds is 6. The van der Waals surface area contributed by atoms with Crippen molar-refractivity contribution in [3.8, 4) is 11.4 Å². The standard InChI is InChI=1S/C22H25N5OS/c1-16-6-4-8-18(12-16)21-24-25-22(29)27(21)15-20(28)23-19-9-5-7-17(13-19)14-26-10-2-3-11-26/h4-9,12-13H,2-3,10-11,14-15H2,1H3,(H,23,28)(H,25,29). The molecule has 1 aromatic heterocycles. The van der Waals surface area contributed by atoms with Crippen LogP contribution in [0.3, 0.4) is 0 Å². The van der Waals surface area contributed by atoms with Crippen LogP contribution in [0, 0.1) is 11.7 Å². The molecule has 0 spiro atoms. The number of H-pyrrole nitrogens is 1. The number of amides is 1. The van der Waals surface area contributed by atoms with Crippen molar-refractivity contribution in [3.05, 3.63) is 64.4 Å². The monoisotopic (exact) mass is 407 g/mol. The molecule has 1 aliphatic heterocycles. The molecular formula is C22H25N5OS. The first-order chi connectivity index (χ1) is 14.1. The molecule has 1 saturated heterocycles. The Morgan fingerprint density at radius 3 is 2.76 bits per heavy atom. The lowest BCUT2D eigenvalue weighted by atomic mass is 10.1. The van der Waals surface area contributed by atoms with E-state index < -0.39 is 0 Å². The van der Waals surface area contributed by atoms with Gasteiger partial charge in [0.25, 0.3) is 0 Å². The molecule has 2 heterocycles. The number of carbonyl (C=O) groups excluding carboxylic acids is 1. The van der Waals surface area contributed by atoms with Gasteiger partial charge in [-0.15, -0.1) is 0 Å². The van der Waals surface area contributed by atoms with Crippen LogP contribution in [-0.4, -0.2) is 38.7 Å². The number of likely N-dealkylation sites (tertiary alicyclic amines) is 1. The van der Waals surface area contributed by atoms with E-state index in [-0.39, 0.29) is 12.5 Å². The third-order valence-corrected chi connectivity index (χ3v) is 5.46. The highest BCUT2D eigenvalue weighted by Gasteiger charge is 2.14. The summed E-state index contributed by atoms with van der Waals surface area (Å²) < 4.78 is 2.16. The van der Waals surface area contributed by atoms with Gasteiger partial charge in [0.1, 0.15) is 6.54 Å². The van der Waals surface area contributed by atoms with Crippen molar-refractivity contribution < 1.29 is 4.79 Å². The summed E-state index contributed by atoms with van der Waals surface area (Å²) in [5.41, 5.74) is 4.07. The van der Waals surface area contributed by atoms with Crippen LogP contribution in [0.5, 0.6) is 0 Å². The Morgan fingerprint density at radius 1 is 1.17 bits per heavy atom. The molecule has 7 heteroatoms. The molecule has 3 aromatic rings. The Kier molecular flexibility index (Phi) is 5.87. The van der Waals surface area contributed by atoms with Gasteiger partial charge in [0.15, 0.2) is 10.6 Å². The average molecular weight is 408 g/mol. The number of anilines is 1. The third-order valence-electron chi connectivity index (χ3n) is 5.15. The van der Waals surface area contributed by atoms with Crippen molar-refractivity contribution in [1.82, 2.24) is 19.7 Å². The number of aromatic amines is 1. The minimum Gasteiger partial charge on any atom is -0.325 e. The zero-order chi connectivity index (χ0) is 20.2. The number of nitrogens with one attached hydrogen (secondary N) is 2. The number of benzene rings is 2. The second-order valence-electron chi connectivity index (χ2n) is 7.54. The Labute approximate surface area is 175 Å². The van der Waals surface area contributed by atoms with Crippen LogP contribution in [-0.2, 0) is 17.9 Å². The van der Waals surface area contributed by atoms with Crippen molar-refractivity contribution in [2.24, 2.45) is 0 Å². The highest BCUT2D eigenvalue weighted by Crippen LogP contribution is 2.19. The summed E-state index contributed by atoms with van der Waals surface area (Å²) in [4.78, 5) is 15.2. The van der Waals surface area contributed by atoms with Crippen LogP contribution in [0.2, 0.25) is 0 Å². The van der Waals surface area contributed by atoms with Gasteiger partial charge >= 0.3 is 0 Å². The Balaban J connectivity index is 1.47. The average Bonchev–Trinajstić information content (AvgIpc) is 3.32. The number of hydrogen-bond donors (Lipinski definition) is 2. The molecule has 6 nitrogen and oxygen atoms in total. The predicted octanol–water partition coefficient (Wildman–Crippen LogP) is 4.15. The maximum atomic E-state index is 12.7. The second kappa shape index (κ2) is 8.71. The van der Waals surface area contributed by atoms with Gasteiger partial charge in [-0.05, 0) is 68.8 Å². The molecule has 0 bridgehead atoms. The van der Waals surface area contributed by atoms with E-state index in [1.165, 1.54) is 18.4 Å². The highest BCUT2D eigenvalue weighted by molar-refractivity contribution is 7.71. The van der Waals surface area contributed by atoms with E-state index in [1.54, 1.807) is 4.57 Å². The number of hydrogen-bond acceptors (Lipinski definition) is 4. The zero-order valence-electron chi connectivity index (χ0n) is 16.5. The summed E-state index contributed by atoms with van der Waals surface area (Å²) in [6.07, 6.45) is 2.54. The van der Waals surface area contributed by atoms with Crippen LogP contribution in [0.4, 0.5) is 5.69 Å². The predicted molar refractivity (Wildman–Crippen MR) is 117 cm³/mol. The Morgan fingerprint density at radius 2 is 1.97 bits per heavy atom.